The summed E-state index contributed by atoms with van der Waals surface area (Å²) in [7, 11) is 6.10. The van der Waals surface area contributed by atoms with Crippen LogP contribution in [0.4, 0.5) is 0 Å². The third kappa shape index (κ3) is 4.39. The van der Waals surface area contributed by atoms with Gasteiger partial charge < -0.3 is 20.3 Å². The van der Waals surface area contributed by atoms with Crippen molar-refractivity contribution in [2.24, 2.45) is 16.6 Å². The molecule has 0 atom stereocenters. The van der Waals surface area contributed by atoms with E-state index in [0.29, 0.717) is 13.0 Å². The van der Waals surface area contributed by atoms with Gasteiger partial charge in [-0.3, -0.25) is 9.59 Å². The van der Waals surface area contributed by atoms with Gasteiger partial charge in [-0.05, 0) is 71.9 Å². The Hall–Kier alpha value is -1.14. The SMILES string of the molecule is COCCCC1(N(C)C)CCC2(CC1)CC(=O)N(CC(C)(C)C(N)=O)C2. The molecule has 0 bridgehead atoms. The minimum atomic E-state index is -0.677. The van der Waals surface area contributed by atoms with Gasteiger partial charge in [0, 0.05) is 38.8 Å². The van der Waals surface area contributed by atoms with Crippen LogP contribution < -0.4 is 5.73 Å². The zero-order valence-electron chi connectivity index (χ0n) is 17.3. The zero-order chi connectivity index (χ0) is 19.6. The van der Waals surface area contributed by atoms with Crippen LogP contribution in [0.25, 0.3) is 0 Å². The maximum atomic E-state index is 12.6. The predicted octanol–water partition coefficient (Wildman–Crippen LogP) is 2.02. The van der Waals surface area contributed by atoms with Crippen molar-refractivity contribution in [2.45, 2.75) is 64.3 Å². The van der Waals surface area contributed by atoms with Crippen molar-refractivity contribution in [3.8, 4) is 0 Å². The van der Waals surface area contributed by atoms with Gasteiger partial charge >= 0.3 is 0 Å². The van der Waals surface area contributed by atoms with E-state index in [4.69, 9.17) is 10.5 Å². The summed E-state index contributed by atoms with van der Waals surface area (Å²) >= 11 is 0. The van der Waals surface area contributed by atoms with E-state index in [2.05, 4.69) is 19.0 Å². The molecule has 1 saturated heterocycles. The average molecular weight is 368 g/mol. The van der Waals surface area contributed by atoms with Crippen molar-refractivity contribution in [1.29, 1.82) is 0 Å². The highest BCUT2D eigenvalue weighted by Crippen LogP contribution is 2.50. The van der Waals surface area contributed by atoms with Gasteiger partial charge in [0.05, 0.1) is 5.41 Å². The molecular weight excluding hydrogens is 330 g/mol. The second-order valence-electron chi connectivity index (χ2n) is 9.39. The summed E-state index contributed by atoms with van der Waals surface area (Å²) in [6.45, 7) is 5.64. The van der Waals surface area contributed by atoms with E-state index in [-0.39, 0.29) is 22.8 Å². The Bertz CT molecular complexity index is 522. The molecule has 26 heavy (non-hydrogen) atoms. The molecule has 1 heterocycles. The lowest BCUT2D eigenvalue weighted by molar-refractivity contribution is -0.132. The summed E-state index contributed by atoms with van der Waals surface area (Å²) in [6.07, 6.45) is 7.18. The second kappa shape index (κ2) is 7.85. The van der Waals surface area contributed by atoms with E-state index in [9.17, 15) is 9.59 Å². The summed E-state index contributed by atoms with van der Waals surface area (Å²) in [6, 6.07) is 0. The lowest BCUT2D eigenvalue weighted by atomic mass is 9.65. The van der Waals surface area contributed by atoms with Crippen LogP contribution in [0, 0.1) is 10.8 Å². The van der Waals surface area contributed by atoms with Gasteiger partial charge in [0.2, 0.25) is 11.8 Å². The quantitative estimate of drug-likeness (QED) is 0.666. The molecule has 2 fully saturated rings. The van der Waals surface area contributed by atoms with E-state index in [1.807, 2.05) is 18.7 Å². The third-order valence-corrected chi connectivity index (χ3v) is 6.84. The highest BCUT2D eigenvalue weighted by molar-refractivity contribution is 5.83. The Kier molecular flexibility index (Phi) is 6.39. The molecule has 2 rings (SSSR count). The number of methoxy groups -OCH3 is 1. The Morgan fingerprint density at radius 3 is 2.38 bits per heavy atom. The number of amides is 2. The Morgan fingerprint density at radius 1 is 1.27 bits per heavy atom. The van der Waals surface area contributed by atoms with Crippen molar-refractivity contribution in [2.75, 3.05) is 40.9 Å². The standard InChI is InChI=1S/C20H37N3O3/c1-18(2,17(21)25)14-23-15-19(13-16(23)24)8-10-20(11-9-19,22(3)4)7-6-12-26-5/h6-15H2,1-5H3,(H2,21,25). The van der Waals surface area contributed by atoms with Crippen LogP contribution >= 0.6 is 0 Å². The van der Waals surface area contributed by atoms with Gasteiger partial charge in [0.1, 0.15) is 0 Å². The molecule has 1 spiro atoms. The summed E-state index contributed by atoms with van der Waals surface area (Å²) in [4.78, 5) is 28.5. The number of hydrogen-bond donors (Lipinski definition) is 1. The molecule has 6 heteroatoms. The van der Waals surface area contributed by atoms with E-state index < -0.39 is 5.41 Å². The number of carbonyl (C=O) groups excluding carboxylic acids is 2. The molecule has 0 aromatic rings. The highest BCUT2D eigenvalue weighted by atomic mass is 16.5. The van der Waals surface area contributed by atoms with E-state index in [1.54, 1.807) is 7.11 Å². The van der Waals surface area contributed by atoms with E-state index in [1.165, 1.54) is 0 Å². The molecule has 0 aromatic heterocycles. The lowest BCUT2D eigenvalue weighted by Crippen LogP contribution is -2.50. The minimum Gasteiger partial charge on any atom is -0.385 e. The molecule has 2 amide bonds. The fourth-order valence-corrected chi connectivity index (χ4v) is 4.73. The molecule has 1 aliphatic heterocycles. The largest absolute Gasteiger partial charge is 0.385 e. The second-order valence-corrected chi connectivity index (χ2v) is 9.39. The summed E-state index contributed by atoms with van der Waals surface area (Å²) < 4.78 is 5.24. The Labute approximate surface area is 158 Å². The first kappa shape index (κ1) is 21.2. The van der Waals surface area contributed by atoms with Crippen LogP contribution in [0.2, 0.25) is 0 Å². The van der Waals surface area contributed by atoms with Crippen molar-refractivity contribution >= 4 is 11.8 Å². The smallest absolute Gasteiger partial charge is 0.224 e. The number of carbonyl (C=O) groups is 2. The lowest BCUT2D eigenvalue weighted by Gasteiger charge is -2.48. The van der Waals surface area contributed by atoms with Gasteiger partial charge in [-0.2, -0.15) is 0 Å². The van der Waals surface area contributed by atoms with Gasteiger partial charge in [-0.15, -0.1) is 0 Å². The molecule has 0 aromatic carbocycles. The summed E-state index contributed by atoms with van der Waals surface area (Å²) in [5, 5.41) is 0. The molecular formula is C20H37N3O3. The number of nitrogens with zero attached hydrogens (tertiary/aromatic N) is 2. The van der Waals surface area contributed by atoms with Crippen LogP contribution in [0.15, 0.2) is 0 Å². The van der Waals surface area contributed by atoms with Crippen molar-refractivity contribution in [1.82, 2.24) is 9.80 Å². The monoisotopic (exact) mass is 367 g/mol. The normalized spacial score (nSPS) is 29.8. The molecule has 6 nitrogen and oxygen atoms in total. The summed E-state index contributed by atoms with van der Waals surface area (Å²) in [5.74, 6) is -0.171. The van der Waals surface area contributed by atoms with Gasteiger partial charge in [0.15, 0.2) is 0 Å². The fourth-order valence-electron chi connectivity index (χ4n) is 4.73. The Morgan fingerprint density at radius 2 is 1.88 bits per heavy atom. The van der Waals surface area contributed by atoms with Crippen LogP contribution in [0.3, 0.4) is 0 Å². The van der Waals surface area contributed by atoms with Gasteiger partial charge in [-0.25, -0.2) is 0 Å². The van der Waals surface area contributed by atoms with Crippen molar-refractivity contribution in [3.05, 3.63) is 0 Å². The zero-order valence-corrected chi connectivity index (χ0v) is 17.3. The molecule has 2 N–H and O–H groups in total. The van der Waals surface area contributed by atoms with Crippen LogP contribution in [0.5, 0.6) is 0 Å². The van der Waals surface area contributed by atoms with Crippen LogP contribution in [0.1, 0.15) is 58.8 Å². The predicted molar refractivity (Wildman–Crippen MR) is 103 cm³/mol. The Balaban J connectivity index is 2.01. The first-order chi connectivity index (χ1) is 12.1. The first-order valence-corrected chi connectivity index (χ1v) is 9.80. The average Bonchev–Trinajstić information content (AvgIpc) is 2.84. The fraction of sp³-hybridized carbons (Fsp3) is 0.900. The van der Waals surface area contributed by atoms with Gasteiger partial charge in [0.25, 0.3) is 0 Å². The van der Waals surface area contributed by atoms with Gasteiger partial charge in [-0.1, -0.05) is 0 Å². The summed E-state index contributed by atoms with van der Waals surface area (Å²) in [5.41, 5.74) is 5.11. The topological polar surface area (TPSA) is 75.9 Å². The maximum absolute atomic E-state index is 12.6. The number of primary amides is 1. The number of rotatable bonds is 8. The third-order valence-electron chi connectivity index (χ3n) is 6.84. The van der Waals surface area contributed by atoms with Crippen LogP contribution in [-0.4, -0.2) is 68.1 Å². The molecule has 150 valence electrons. The molecule has 1 saturated carbocycles. The first-order valence-electron chi connectivity index (χ1n) is 9.80. The number of nitrogens with two attached hydrogens (primary N) is 1. The molecule has 0 radical (unpaired) electrons. The number of ether oxygens (including phenoxy) is 1. The molecule has 1 aliphatic carbocycles. The van der Waals surface area contributed by atoms with E-state index >= 15 is 0 Å². The number of hydrogen-bond acceptors (Lipinski definition) is 4. The van der Waals surface area contributed by atoms with Crippen molar-refractivity contribution < 1.29 is 14.3 Å². The number of likely N-dealkylation sites (tertiary alicyclic amines) is 1. The molecule has 0 unspecified atom stereocenters. The van der Waals surface area contributed by atoms with E-state index in [0.717, 1.165) is 51.7 Å². The van der Waals surface area contributed by atoms with Crippen LogP contribution in [-0.2, 0) is 14.3 Å². The van der Waals surface area contributed by atoms with Crippen molar-refractivity contribution in [3.63, 3.8) is 0 Å². The minimum absolute atomic E-state index is 0.0750. The molecule has 2 aliphatic rings. The maximum Gasteiger partial charge on any atom is 0.224 e. The highest BCUT2D eigenvalue weighted by Gasteiger charge is 2.50.